The topological polar surface area (TPSA) is 95.9 Å². The van der Waals surface area contributed by atoms with Crippen molar-refractivity contribution < 1.29 is 24.5 Å². The third-order valence-electron chi connectivity index (χ3n) is 12.1. The molecule has 0 rings (SSSR count). The highest BCUT2D eigenvalue weighted by Gasteiger charge is 2.24. The van der Waals surface area contributed by atoms with Gasteiger partial charge in [0.05, 0.1) is 25.2 Å². The number of esters is 1. The minimum atomic E-state index is -0.801. The zero-order valence-corrected chi connectivity index (χ0v) is 42.1. The predicted molar refractivity (Wildman–Crippen MR) is 278 cm³/mol. The number of carbonyl (C=O) groups excluding carboxylic acids is 2. The Balaban J connectivity index is 4.60. The van der Waals surface area contributed by atoms with Gasteiger partial charge >= 0.3 is 5.97 Å². The van der Waals surface area contributed by atoms with Crippen LogP contribution >= 0.6 is 0 Å². The van der Waals surface area contributed by atoms with Crippen LogP contribution in [0.25, 0.3) is 0 Å². The molecule has 0 aliphatic heterocycles. The molecule has 3 N–H and O–H groups in total. The first-order chi connectivity index (χ1) is 31.5. The molecule has 0 aromatic heterocycles. The third-order valence-corrected chi connectivity index (χ3v) is 12.1. The summed E-state index contributed by atoms with van der Waals surface area (Å²) in [5, 5.41) is 23.8. The van der Waals surface area contributed by atoms with Crippen LogP contribution in [0, 0.1) is 0 Å². The second-order valence-corrected chi connectivity index (χ2v) is 18.4. The molecule has 6 nitrogen and oxygen atoms in total. The zero-order valence-electron chi connectivity index (χ0n) is 42.1. The van der Waals surface area contributed by atoms with Gasteiger partial charge in [0.1, 0.15) is 6.10 Å². The van der Waals surface area contributed by atoms with Crippen molar-refractivity contribution in [3.63, 3.8) is 0 Å². The molecular weight excluding hydrogens is 791 g/mol. The number of amides is 1. The number of rotatable bonds is 48. The standard InChI is InChI=1S/C58H103NO5/c1-4-7-10-13-16-19-22-25-27-28-30-32-35-38-41-44-47-50-56(61)55(53-60)59-57(62)52-54(49-46-43-40-37-34-31-24-21-18-15-12-9-6-3)64-58(63)51-48-45-42-39-36-33-29-26-23-20-17-14-11-8-5-2/h8,11,14,17,20-21,23-24,26,29,33,36,54-56,60-61H,4-7,9-10,12-13,15-16,18-19,22,25,27-28,30-32,34-35,37-53H2,1-3H3,(H,59,62)/b11-8+,17-14+,23-20-,24-21-,29-26-,36-33+. The van der Waals surface area contributed by atoms with Gasteiger partial charge in [-0.1, -0.05) is 248 Å². The van der Waals surface area contributed by atoms with Crippen molar-refractivity contribution in [3.05, 3.63) is 72.9 Å². The van der Waals surface area contributed by atoms with Gasteiger partial charge < -0.3 is 20.3 Å². The molecule has 0 saturated heterocycles. The van der Waals surface area contributed by atoms with Crippen LogP contribution in [0.5, 0.6) is 0 Å². The van der Waals surface area contributed by atoms with Crippen LogP contribution in [0.3, 0.4) is 0 Å². The van der Waals surface area contributed by atoms with Gasteiger partial charge in [-0.3, -0.25) is 9.59 Å². The fourth-order valence-corrected chi connectivity index (χ4v) is 8.03. The van der Waals surface area contributed by atoms with Crippen LogP contribution in [0.15, 0.2) is 72.9 Å². The van der Waals surface area contributed by atoms with Crippen molar-refractivity contribution in [2.24, 2.45) is 0 Å². The lowest BCUT2D eigenvalue weighted by Gasteiger charge is -2.24. The number of unbranched alkanes of at least 4 members (excludes halogenated alkanes) is 28. The molecule has 0 fully saturated rings. The molecule has 0 aliphatic carbocycles. The van der Waals surface area contributed by atoms with Crippen LogP contribution in [0.1, 0.15) is 258 Å². The summed E-state index contributed by atoms with van der Waals surface area (Å²) in [4.78, 5) is 26.2. The molecule has 0 saturated carbocycles. The van der Waals surface area contributed by atoms with E-state index in [1.807, 2.05) is 36.5 Å². The van der Waals surface area contributed by atoms with Crippen LogP contribution in [0.2, 0.25) is 0 Å². The summed E-state index contributed by atoms with van der Waals surface area (Å²) in [5.41, 5.74) is 0. The lowest BCUT2D eigenvalue weighted by atomic mass is 10.0. The molecule has 3 atom stereocenters. The quantitative estimate of drug-likeness (QED) is 0.0245. The summed E-state index contributed by atoms with van der Waals surface area (Å²) < 4.78 is 5.92. The molecule has 64 heavy (non-hydrogen) atoms. The van der Waals surface area contributed by atoms with Gasteiger partial charge in [0.25, 0.3) is 0 Å². The van der Waals surface area contributed by atoms with E-state index in [0.717, 1.165) is 77.0 Å². The maximum absolute atomic E-state index is 13.2. The van der Waals surface area contributed by atoms with E-state index >= 15 is 0 Å². The van der Waals surface area contributed by atoms with Crippen LogP contribution in [-0.4, -0.2) is 46.9 Å². The Hall–Kier alpha value is -2.70. The Morgan fingerprint density at radius 3 is 1.34 bits per heavy atom. The van der Waals surface area contributed by atoms with Gasteiger partial charge in [-0.25, -0.2) is 0 Å². The van der Waals surface area contributed by atoms with Crippen molar-refractivity contribution in [2.75, 3.05) is 6.61 Å². The average molecular weight is 894 g/mol. The normalized spacial score (nSPS) is 13.8. The smallest absolute Gasteiger partial charge is 0.306 e. The fourth-order valence-electron chi connectivity index (χ4n) is 8.03. The lowest BCUT2D eigenvalue weighted by molar-refractivity contribution is -0.151. The van der Waals surface area contributed by atoms with Gasteiger partial charge in [-0.15, -0.1) is 0 Å². The van der Waals surface area contributed by atoms with E-state index in [2.05, 4.69) is 62.5 Å². The number of aliphatic hydroxyl groups is 2. The van der Waals surface area contributed by atoms with Gasteiger partial charge in [0.15, 0.2) is 0 Å². The molecule has 3 unspecified atom stereocenters. The highest BCUT2D eigenvalue weighted by Crippen LogP contribution is 2.18. The summed E-state index contributed by atoms with van der Waals surface area (Å²) in [5.74, 6) is -0.530. The van der Waals surface area contributed by atoms with Crippen molar-refractivity contribution in [1.29, 1.82) is 0 Å². The molecule has 0 aromatic carbocycles. The van der Waals surface area contributed by atoms with Crippen LogP contribution in [-0.2, 0) is 14.3 Å². The van der Waals surface area contributed by atoms with Crippen LogP contribution < -0.4 is 5.32 Å². The lowest BCUT2D eigenvalue weighted by Crippen LogP contribution is -2.46. The Morgan fingerprint density at radius 2 is 0.859 bits per heavy atom. The van der Waals surface area contributed by atoms with Crippen molar-refractivity contribution in [3.8, 4) is 0 Å². The molecule has 0 spiro atoms. The fraction of sp³-hybridized carbons (Fsp3) is 0.759. The maximum Gasteiger partial charge on any atom is 0.306 e. The van der Waals surface area contributed by atoms with Crippen molar-refractivity contribution in [2.45, 2.75) is 277 Å². The third kappa shape index (κ3) is 45.9. The molecule has 1 amide bonds. The number of allylic oxidation sites excluding steroid dienone is 12. The molecule has 0 aliphatic rings. The largest absolute Gasteiger partial charge is 0.462 e. The Bertz CT molecular complexity index is 1190. The minimum Gasteiger partial charge on any atom is -0.462 e. The van der Waals surface area contributed by atoms with Gasteiger partial charge in [0, 0.05) is 6.42 Å². The van der Waals surface area contributed by atoms with Gasteiger partial charge in [-0.2, -0.15) is 0 Å². The first-order valence-corrected chi connectivity index (χ1v) is 27.2. The zero-order chi connectivity index (χ0) is 46.7. The molecule has 370 valence electrons. The summed E-state index contributed by atoms with van der Waals surface area (Å²) in [6.07, 6.45) is 65.3. The highest BCUT2D eigenvalue weighted by atomic mass is 16.5. The number of aliphatic hydroxyl groups excluding tert-OH is 2. The van der Waals surface area contributed by atoms with E-state index < -0.39 is 18.2 Å². The molecule has 0 bridgehead atoms. The Morgan fingerprint density at radius 1 is 0.469 bits per heavy atom. The number of hydrogen-bond donors (Lipinski definition) is 3. The molecule has 0 heterocycles. The van der Waals surface area contributed by atoms with Gasteiger partial charge in [0.2, 0.25) is 5.91 Å². The number of nitrogens with one attached hydrogen (secondary N) is 1. The second-order valence-electron chi connectivity index (χ2n) is 18.4. The maximum atomic E-state index is 13.2. The average Bonchev–Trinajstić information content (AvgIpc) is 3.29. The van der Waals surface area contributed by atoms with E-state index in [-0.39, 0.29) is 24.9 Å². The monoisotopic (exact) mass is 894 g/mol. The number of carbonyl (C=O) groups is 2. The molecule has 0 aromatic rings. The summed E-state index contributed by atoms with van der Waals surface area (Å²) >= 11 is 0. The number of hydrogen-bond acceptors (Lipinski definition) is 5. The van der Waals surface area contributed by atoms with E-state index in [1.165, 1.54) is 135 Å². The predicted octanol–water partition coefficient (Wildman–Crippen LogP) is 16.6. The SMILES string of the molecule is CC/C=C/C=C/C=C\C=C/C=C/CCCCCC(=O)OC(CCCCCCC/C=C\CCCCCC)CC(=O)NC(CO)C(O)CCCCCCCCCCCCCCCCCCC. The van der Waals surface area contributed by atoms with E-state index in [0.29, 0.717) is 19.3 Å². The second kappa shape index (κ2) is 51.3. The Labute approximate surface area is 396 Å². The number of ether oxygens (including phenoxy) is 1. The summed E-state index contributed by atoms with van der Waals surface area (Å²) in [7, 11) is 0. The summed E-state index contributed by atoms with van der Waals surface area (Å²) in [6, 6.07) is -0.716. The first-order valence-electron chi connectivity index (χ1n) is 27.2. The molecule has 0 radical (unpaired) electrons. The molecule has 6 heteroatoms. The van der Waals surface area contributed by atoms with Crippen molar-refractivity contribution in [1.82, 2.24) is 5.32 Å². The van der Waals surface area contributed by atoms with E-state index in [1.54, 1.807) is 0 Å². The minimum absolute atomic E-state index is 0.0524. The first kappa shape index (κ1) is 61.3. The van der Waals surface area contributed by atoms with E-state index in [4.69, 9.17) is 4.74 Å². The Kier molecular flexibility index (Phi) is 49.1. The molecular formula is C58H103NO5. The van der Waals surface area contributed by atoms with Crippen LogP contribution in [0.4, 0.5) is 0 Å². The van der Waals surface area contributed by atoms with Gasteiger partial charge in [-0.05, 0) is 70.6 Å². The highest BCUT2D eigenvalue weighted by molar-refractivity contribution is 5.77. The van der Waals surface area contributed by atoms with Crippen molar-refractivity contribution >= 4 is 11.9 Å². The summed E-state index contributed by atoms with van der Waals surface area (Å²) in [6.45, 7) is 6.33. The van der Waals surface area contributed by atoms with E-state index in [9.17, 15) is 19.8 Å².